The first-order valence-corrected chi connectivity index (χ1v) is 17.2. The summed E-state index contributed by atoms with van der Waals surface area (Å²) in [6, 6.07) is 7.92. The molecule has 0 bridgehead atoms. The van der Waals surface area contributed by atoms with Crippen molar-refractivity contribution in [2.75, 3.05) is 23.7 Å². The van der Waals surface area contributed by atoms with Gasteiger partial charge in [0, 0.05) is 44.2 Å². The lowest BCUT2D eigenvalue weighted by Gasteiger charge is -2.28. The van der Waals surface area contributed by atoms with Gasteiger partial charge in [0.1, 0.15) is 10.7 Å². The van der Waals surface area contributed by atoms with Gasteiger partial charge in [-0.05, 0) is 79.2 Å². The van der Waals surface area contributed by atoms with Crippen molar-refractivity contribution in [2.45, 2.75) is 58.0 Å². The number of carbonyl (C=O) groups excluding carboxylic acids is 2. The molecule has 2 unspecified atom stereocenters. The molecule has 2 atom stereocenters. The SMILES string of the molecule is CC1CCC(NC(=O)c2cc3nc(Cc4c(Cl)ccc(CNC(=O)c5cnc(N)s5)c4Cl)n(C)c3cc2N2CC3CC3C2)CC1. The van der Waals surface area contributed by atoms with Gasteiger partial charge in [-0.2, -0.15) is 0 Å². The van der Waals surface area contributed by atoms with Crippen LogP contribution in [0.5, 0.6) is 0 Å². The maximum Gasteiger partial charge on any atom is 0.263 e. The number of nitrogens with one attached hydrogen (secondary N) is 2. The molecule has 3 aliphatic rings. The molecule has 2 aromatic heterocycles. The summed E-state index contributed by atoms with van der Waals surface area (Å²) in [5.41, 5.74) is 10.6. The van der Waals surface area contributed by atoms with Crippen molar-refractivity contribution in [1.29, 1.82) is 0 Å². The topological polar surface area (TPSA) is 118 Å². The lowest BCUT2D eigenvalue weighted by Crippen LogP contribution is -2.38. The Bertz CT molecular complexity index is 1790. The number of hydrogen-bond donors (Lipinski definition) is 3. The zero-order valence-corrected chi connectivity index (χ0v) is 27.7. The van der Waals surface area contributed by atoms with E-state index < -0.39 is 0 Å². The minimum absolute atomic E-state index is 0.0129. The first-order valence-electron chi connectivity index (χ1n) is 15.6. The molecule has 4 aromatic rings. The number of hydrogen-bond acceptors (Lipinski definition) is 7. The minimum atomic E-state index is -0.267. The van der Waals surface area contributed by atoms with Gasteiger partial charge in [-0.3, -0.25) is 9.59 Å². The van der Waals surface area contributed by atoms with E-state index in [9.17, 15) is 9.59 Å². The largest absolute Gasteiger partial charge is 0.375 e. The normalized spacial score (nSPS) is 22.4. The monoisotopic (exact) mass is 665 g/mol. The second kappa shape index (κ2) is 12.1. The zero-order valence-electron chi connectivity index (χ0n) is 25.4. The molecule has 12 heteroatoms. The van der Waals surface area contributed by atoms with Gasteiger partial charge in [-0.15, -0.1) is 0 Å². The van der Waals surface area contributed by atoms with Crippen molar-refractivity contribution in [3.63, 3.8) is 0 Å². The van der Waals surface area contributed by atoms with E-state index >= 15 is 0 Å². The van der Waals surface area contributed by atoms with Crippen LogP contribution in [0.3, 0.4) is 0 Å². The summed E-state index contributed by atoms with van der Waals surface area (Å²) in [6.07, 6.45) is 7.49. The van der Waals surface area contributed by atoms with E-state index in [-0.39, 0.29) is 24.4 Å². The molecule has 236 valence electrons. The predicted molar refractivity (Wildman–Crippen MR) is 180 cm³/mol. The molecule has 9 nitrogen and oxygen atoms in total. The molecule has 7 rings (SSSR count). The summed E-state index contributed by atoms with van der Waals surface area (Å²) in [4.78, 5) is 38.1. The number of halogens is 2. The summed E-state index contributed by atoms with van der Waals surface area (Å²) >= 11 is 14.7. The predicted octanol–water partition coefficient (Wildman–Crippen LogP) is 6.20. The summed E-state index contributed by atoms with van der Waals surface area (Å²) in [6.45, 7) is 4.50. The maximum absolute atomic E-state index is 13.8. The number of thiazole rings is 1. The Morgan fingerprint density at radius 2 is 1.84 bits per heavy atom. The van der Waals surface area contributed by atoms with E-state index in [0.717, 1.165) is 102 Å². The van der Waals surface area contributed by atoms with E-state index in [4.69, 9.17) is 33.9 Å². The summed E-state index contributed by atoms with van der Waals surface area (Å²) in [7, 11) is 1.99. The van der Waals surface area contributed by atoms with Gasteiger partial charge in [0.05, 0.1) is 33.5 Å². The van der Waals surface area contributed by atoms with E-state index in [1.165, 1.54) is 12.6 Å². The molecular weight excluding hydrogens is 629 g/mol. The van der Waals surface area contributed by atoms with E-state index in [1.807, 2.05) is 19.2 Å². The van der Waals surface area contributed by atoms with Crippen molar-refractivity contribution < 1.29 is 9.59 Å². The number of benzene rings is 2. The standard InChI is InChI=1S/C33H37Cl2N7O2S/c1-17-3-6-21(7-4-17)39-31(43)23-10-25-27(12-26(23)42-15-19-9-20(19)16-42)41(2)29(40-25)11-22-24(34)8-5-18(30(22)35)13-37-32(44)28-14-38-33(36)45-28/h5,8,10,12,14,17,19-21H,3-4,6-7,9,11,13,15-16H2,1-2H3,(H2,36,38)(H,37,44)(H,39,43). The molecule has 2 aromatic carbocycles. The number of nitrogen functional groups attached to an aromatic ring is 1. The molecule has 3 fully saturated rings. The lowest BCUT2D eigenvalue weighted by molar-refractivity contribution is 0.0921. The molecule has 1 aliphatic heterocycles. The molecule has 3 heterocycles. The van der Waals surface area contributed by atoms with Gasteiger partial charge < -0.3 is 25.8 Å². The number of aromatic nitrogens is 3. The van der Waals surface area contributed by atoms with Gasteiger partial charge in [0.25, 0.3) is 11.8 Å². The minimum Gasteiger partial charge on any atom is -0.375 e. The van der Waals surface area contributed by atoms with Crippen molar-refractivity contribution in [1.82, 2.24) is 25.2 Å². The molecular formula is C33H37Cl2N7O2S. The van der Waals surface area contributed by atoms with Gasteiger partial charge in [-0.25, -0.2) is 9.97 Å². The van der Waals surface area contributed by atoms with E-state index in [0.29, 0.717) is 32.0 Å². The Morgan fingerprint density at radius 1 is 1.09 bits per heavy atom. The van der Waals surface area contributed by atoms with Gasteiger partial charge in [0.2, 0.25) is 0 Å². The average Bonchev–Trinajstić information content (AvgIpc) is 3.30. The molecule has 45 heavy (non-hydrogen) atoms. The third kappa shape index (κ3) is 6.12. The van der Waals surface area contributed by atoms with Crippen molar-refractivity contribution in [3.05, 3.63) is 67.9 Å². The molecule has 4 N–H and O–H groups in total. The lowest BCUT2D eigenvalue weighted by atomic mass is 9.87. The van der Waals surface area contributed by atoms with Crippen LogP contribution in [0.2, 0.25) is 10.0 Å². The smallest absolute Gasteiger partial charge is 0.263 e. The first kappa shape index (κ1) is 30.3. The number of rotatable bonds is 8. The molecule has 0 spiro atoms. The fraction of sp³-hybridized carbons (Fsp3) is 0.455. The van der Waals surface area contributed by atoms with Crippen LogP contribution in [0.25, 0.3) is 11.0 Å². The summed E-state index contributed by atoms with van der Waals surface area (Å²) in [5.74, 6) is 2.69. The zero-order chi connectivity index (χ0) is 31.4. The number of amides is 2. The Balaban J connectivity index is 1.16. The van der Waals surface area contributed by atoms with Crippen LogP contribution < -0.4 is 21.3 Å². The third-order valence-corrected chi connectivity index (χ3v) is 11.4. The number of nitrogens with two attached hydrogens (primary N) is 1. The highest BCUT2D eigenvalue weighted by Gasteiger charge is 2.46. The highest BCUT2D eigenvalue weighted by atomic mass is 35.5. The van der Waals surface area contributed by atoms with Crippen LogP contribution in [0.15, 0.2) is 30.5 Å². The highest BCUT2D eigenvalue weighted by molar-refractivity contribution is 7.17. The van der Waals surface area contributed by atoms with Gasteiger partial charge in [0.15, 0.2) is 5.13 Å². The molecule has 1 saturated heterocycles. The van der Waals surface area contributed by atoms with E-state index in [1.54, 1.807) is 6.07 Å². The van der Waals surface area contributed by atoms with Gasteiger partial charge in [-0.1, -0.05) is 47.5 Å². The quantitative estimate of drug-likeness (QED) is 0.206. The second-order valence-electron chi connectivity index (χ2n) is 13.0. The van der Waals surface area contributed by atoms with E-state index in [2.05, 4.69) is 38.1 Å². The molecule has 2 amide bonds. The van der Waals surface area contributed by atoms with Crippen LogP contribution in [0.4, 0.5) is 10.8 Å². The van der Waals surface area contributed by atoms with Crippen molar-refractivity contribution in [3.8, 4) is 0 Å². The van der Waals surface area contributed by atoms with Crippen molar-refractivity contribution >= 4 is 68.2 Å². The Kier molecular flexibility index (Phi) is 8.16. The average molecular weight is 667 g/mol. The summed E-state index contributed by atoms with van der Waals surface area (Å²) in [5, 5.41) is 7.58. The fourth-order valence-electron chi connectivity index (χ4n) is 6.90. The van der Waals surface area contributed by atoms with Crippen LogP contribution in [0.1, 0.15) is 76.0 Å². The number of aryl methyl sites for hydroxylation is 1. The van der Waals surface area contributed by atoms with Crippen LogP contribution in [-0.4, -0.2) is 45.5 Å². The number of imidazole rings is 1. The van der Waals surface area contributed by atoms with Crippen molar-refractivity contribution in [2.24, 2.45) is 24.8 Å². The molecule has 0 radical (unpaired) electrons. The Morgan fingerprint density at radius 3 is 2.56 bits per heavy atom. The second-order valence-corrected chi connectivity index (χ2v) is 14.8. The maximum atomic E-state index is 13.8. The number of carbonyl (C=O) groups is 2. The summed E-state index contributed by atoms with van der Waals surface area (Å²) < 4.78 is 2.06. The molecule has 2 saturated carbocycles. The number of anilines is 2. The van der Waals surface area contributed by atoms with Crippen LogP contribution in [0, 0.1) is 17.8 Å². The third-order valence-electron chi connectivity index (χ3n) is 9.79. The Hall–Kier alpha value is -3.34. The number of fused-ring (bicyclic) bond motifs is 2. The van der Waals surface area contributed by atoms with Crippen LogP contribution in [-0.2, 0) is 20.0 Å². The first-order chi connectivity index (χ1) is 21.6. The number of nitrogens with zero attached hydrogens (tertiary/aromatic N) is 4. The van der Waals surface area contributed by atoms with Crippen LogP contribution >= 0.6 is 34.5 Å². The highest BCUT2D eigenvalue weighted by Crippen LogP contribution is 2.47. The number of piperidine rings is 1. The fourth-order valence-corrected chi connectivity index (χ4v) is 8.07. The Labute approximate surface area is 276 Å². The van der Waals surface area contributed by atoms with Gasteiger partial charge >= 0.3 is 0 Å². The molecule has 2 aliphatic carbocycles.